The highest BCUT2D eigenvalue weighted by Crippen LogP contribution is 2.52. The van der Waals surface area contributed by atoms with Crippen molar-refractivity contribution in [2.45, 2.75) is 31.2 Å². The highest BCUT2D eigenvalue weighted by Gasteiger charge is 2.42. The standard InChI is InChI=1S/C32H27NO/c34-22-24-16-19-32-30(21-24)28-12-7-13-31(28)33(32)27-17-14-23(15-18-27)20-29(25-8-3-1-4-9-25)26-10-5-2-6-11-26/h1-6,8-11,14-22,28,31H,7,12-13H2. The summed E-state index contributed by atoms with van der Waals surface area (Å²) in [6.45, 7) is 0. The van der Waals surface area contributed by atoms with Crippen LogP contribution in [-0.2, 0) is 0 Å². The number of nitrogens with zero attached hydrogens (tertiary/aromatic N) is 1. The summed E-state index contributed by atoms with van der Waals surface area (Å²) in [5.74, 6) is 0.525. The van der Waals surface area contributed by atoms with Crippen LogP contribution in [0.5, 0.6) is 0 Å². The molecule has 1 aliphatic heterocycles. The Bertz CT molecular complexity index is 1300. The zero-order valence-electron chi connectivity index (χ0n) is 19.1. The molecule has 34 heavy (non-hydrogen) atoms. The maximum Gasteiger partial charge on any atom is 0.150 e. The predicted molar refractivity (Wildman–Crippen MR) is 141 cm³/mol. The molecule has 1 saturated carbocycles. The number of hydrogen-bond acceptors (Lipinski definition) is 2. The Morgan fingerprint density at radius 2 is 1.38 bits per heavy atom. The van der Waals surface area contributed by atoms with E-state index in [9.17, 15) is 4.79 Å². The molecule has 2 aliphatic rings. The molecule has 2 unspecified atom stereocenters. The van der Waals surface area contributed by atoms with E-state index in [1.165, 1.54) is 58.5 Å². The molecule has 0 N–H and O–H groups in total. The first-order chi connectivity index (χ1) is 16.8. The summed E-state index contributed by atoms with van der Waals surface area (Å²) in [5, 5.41) is 0. The lowest BCUT2D eigenvalue weighted by Gasteiger charge is -2.27. The van der Waals surface area contributed by atoms with Crippen LogP contribution in [0.1, 0.15) is 57.8 Å². The van der Waals surface area contributed by atoms with E-state index in [0.29, 0.717) is 12.0 Å². The first-order valence-corrected chi connectivity index (χ1v) is 12.1. The molecule has 166 valence electrons. The molecule has 0 bridgehead atoms. The molecule has 1 aliphatic carbocycles. The zero-order valence-corrected chi connectivity index (χ0v) is 19.1. The molecule has 4 aromatic rings. The van der Waals surface area contributed by atoms with Gasteiger partial charge in [-0.1, -0.05) is 79.2 Å². The van der Waals surface area contributed by atoms with Crippen molar-refractivity contribution in [2.24, 2.45) is 0 Å². The van der Waals surface area contributed by atoms with Gasteiger partial charge in [0.2, 0.25) is 0 Å². The van der Waals surface area contributed by atoms with E-state index < -0.39 is 0 Å². The second-order valence-corrected chi connectivity index (χ2v) is 9.29. The van der Waals surface area contributed by atoms with Gasteiger partial charge in [0.1, 0.15) is 6.29 Å². The summed E-state index contributed by atoms with van der Waals surface area (Å²) in [7, 11) is 0. The summed E-state index contributed by atoms with van der Waals surface area (Å²) in [6, 6.07) is 36.8. The van der Waals surface area contributed by atoms with Crippen LogP contribution in [-0.4, -0.2) is 12.3 Å². The Morgan fingerprint density at radius 3 is 2.03 bits per heavy atom. The smallest absolute Gasteiger partial charge is 0.150 e. The quantitative estimate of drug-likeness (QED) is 0.232. The molecule has 0 aromatic heterocycles. The van der Waals surface area contributed by atoms with Crippen molar-refractivity contribution in [3.8, 4) is 0 Å². The van der Waals surface area contributed by atoms with E-state index in [-0.39, 0.29) is 0 Å². The van der Waals surface area contributed by atoms with Gasteiger partial charge in [0, 0.05) is 28.9 Å². The van der Waals surface area contributed by atoms with Crippen LogP contribution in [0.3, 0.4) is 0 Å². The summed E-state index contributed by atoms with van der Waals surface area (Å²) >= 11 is 0. The van der Waals surface area contributed by atoms with Gasteiger partial charge >= 0.3 is 0 Å². The molecule has 0 amide bonds. The van der Waals surface area contributed by atoms with Gasteiger partial charge in [0.25, 0.3) is 0 Å². The fourth-order valence-corrected chi connectivity index (χ4v) is 5.75. The molecule has 0 radical (unpaired) electrons. The maximum absolute atomic E-state index is 11.4. The van der Waals surface area contributed by atoms with Crippen molar-refractivity contribution in [1.82, 2.24) is 0 Å². The van der Waals surface area contributed by atoms with E-state index in [1.807, 2.05) is 6.07 Å². The monoisotopic (exact) mass is 441 g/mol. The molecule has 2 heteroatoms. The number of anilines is 2. The second-order valence-electron chi connectivity index (χ2n) is 9.29. The lowest BCUT2D eigenvalue weighted by Crippen LogP contribution is -2.26. The third kappa shape index (κ3) is 3.66. The van der Waals surface area contributed by atoms with Crippen LogP contribution in [0.25, 0.3) is 11.6 Å². The topological polar surface area (TPSA) is 20.3 Å². The fourth-order valence-electron chi connectivity index (χ4n) is 5.75. The molecule has 0 saturated heterocycles. The van der Waals surface area contributed by atoms with Gasteiger partial charge in [-0.05, 0) is 77.1 Å². The molecule has 0 spiro atoms. The van der Waals surface area contributed by atoms with Gasteiger partial charge in [-0.2, -0.15) is 0 Å². The fraction of sp³-hybridized carbons (Fsp3) is 0.156. The van der Waals surface area contributed by atoms with Crippen molar-refractivity contribution >= 4 is 29.3 Å². The molecular formula is C32H27NO. The van der Waals surface area contributed by atoms with Gasteiger partial charge in [-0.3, -0.25) is 4.79 Å². The van der Waals surface area contributed by atoms with Crippen LogP contribution in [0, 0.1) is 0 Å². The zero-order chi connectivity index (χ0) is 22.9. The highest BCUT2D eigenvalue weighted by atomic mass is 16.1. The molecule has 4 aromatic carbocycles. The van der Waals surface area contributed by atoms with Gasteiger partial charge in [-0.15, -0.1) is 0 Å². The Labute approximate surface area is 201 Å². The van der Waals surface area contributed by atoms with E-state index >= 15 is 0 Å². The number of carbonyl (C=O) groups is 1. The highest BCUT2D eigenvalue weighted by molar-refractivity contribution is 5.91. The molecule has 2 nitrogen and oxygen atoms in total. The molecular weight excluding hydrogens is 414 g/mol. The number of aldehydes is 1. The van der Waals surface area contributed by atoms with E-state index in [4.69, 9.17) is 0 Å². The van der Waals surface area contributed by atoms with Crippen molar-refractivity contribution in [3.05, 3.63) is 131 Å². The van der Waals surface area contributed by atoms with Crippen LogP contribution in [0.4, 0.5) is 11.4 Å². The molecule has 1 heterocycles. The summed E-state index contributed by atoms with van der Waals surface area (Å²) in [5.41, 5.74) is 9.44. The maximum atomic E-state index is 11.4. The normalized spacial score (nSPS) is 18.3. The average molecular weight is 442 g/mol. The molecule has 1 fully saturated rings. The van der Waals surface area contributed by atoms with Crippen molar-refractivity contribution in [2.75, 3.05) is 4.90 Å². The second kappa shape index (κ2) is 8.79. The average Bonchev–Trinajstić information content (AvgIpc) is 3.49. The minimum Gasteiger partial charge on any atom is -0.338 e. The van der Waals surface area contributed by atoms with Gasteiger partial charge in [0.05, 0.1) is 0 Å². The van der Waals surface area contributed by atoms with Gasteiger partial charge < -0.3 is 4.90 Å². The third-order valence-corrected chi connectivity index (χ3v) is 7.31. The summed E-state index contributed by atoms with van der Waals surface area (Å²) in [6.07, 6.45) is 6.89. The van der Waals surface area contributed by atoms with Crippen LogP contribution in [0.2, 0.25) is 0 Å². The number of rotatable bonds is 5. The number of carbonyl (C=O) groups excluding carboxylic acids is 1. The van der Waals surface area contributed by atoms with E-state index in [2.05, 4.69) is 108 Å². The Kier molecular flexibility index (Phi) is 5.35. The van der Waals surface area contributed by atoms with Gasteiger partial charge in [0.15, 0.2) is 0 Å². The largest absolute Gasteiger partial charge is 0.338 e. The van der Waals surface area contributed by atoms with Gasteiger partial charge in [-0.25, -0.2) is 0 Å². The SMILES string of the molecule is O=Cc1ccc2c(c1)C1CCCC1N2c1ccc(C=C(c2ccccc2)c2ccccc2)cc1. The third-order valence-electron chi connectivity index (χ3n) is 7.31. The molecule has 2 atom stereocenters. The van der Waals surface area contributed by atoms with Crippen LogP contribution < -0.4 is 4.90 Å². The van der Waals surface area contributed by atoms with Crippen molar-refractivity contribution in [1.29, 1.82) is 0 Å². The summed E-state index contributed by atoms with van der Waals surface area (Å²) in [4.78, 5) is 13.9. The minimum absolute atomic E-state index is 0.488. The first-order valence-electron chi connectivity index (χ1n) is 12.1. The molecule has 6 rings (SSSR count). The number of hydrogen-bond donors (Lipinski definition) is 0. The summed E-state index contributed by atoms with van der Waals surface area (Å²) < 4.78 is 0. The Hall–Kier alpha value is -3.91. The van der Waals surface area contributed by atoms with Crippen molar-refractivity contribution < 1.29 is 4.79 Å². The number of fused-ring (bicyclic) bond motifs is 3. The van der Waals surface area contributed by atoms with Crippen LogP contribution >= 0.6 is 0 Å². The van der Waals surface area contributed by atoms with E-state index in [1.54, 1.807) is 0 Å². The van der Waals surface area contributed by atoms with Crippen LogP contribution in [0.15, 0.2) is 103 Å². The lowest BCUT2D eigenvalue weighted by atomic mass is 9.95. The van der Waals surface area contributed by atoms with Crippen molar-refractivity contribution in [3.63, 3.8) is 0 Å². The predicted octanol–water partition coefficient (Wildman–Crippen LogP) is 7.88. The number of benzene rings is 4. The Balaban J connectivity index is 1.37. The van der Waals surface area contributed by atoms with E-state index in [0.717, 1.165) is 11.8 Å². The first kappa shape index (κ1) is 20.7. The Morgan fingerprint density at radius 1 is 0.735 bits per heavy atom. The minimum atomic E-state index is 0.488. The lowest BCUT2D eigenvalue weighted by molar-refractivity contribution is 0.112.